The minimum absolute atomic E-state index is 0.0616. The molecule has 2 heterocycles. The number of carbonyl (C=O) groups excluding carboxylic acids is 1. The molecule has 0 unspecified atom stereocenters. The van der Waals surface area contributed by atoms with Crippen LogP contribution in [-0.4, -0.2) is 52.7 Å². The zero-order valence-corrected chi connectivity index (χ0v) is 20.8. The molecule has 33 heavy (non-hydrogen) atoms. The van der Waals surface area contributed by atoms with Crippen molar-refractivity contribution in [2.75, 3.05) is 42.3 Å². The Labute approximate surface area is 203 Å². The zero-order valence-electron chi connectivity index (χ0n) is 19.2. The third kappa shape index (κ3) is 6.10. The fraction of sp³-hybridized carbons (Fsp3) is 0.375. The van der Waals surface area contributed by atoms with Crippen molar-refractivity contribution in [1.29, 1.82) is 0 Å². The van der Waals surface area contributed by atoms with E-state index in [2.05, 4.69) is 64.0 Å². The van der Waals surface area contributed by atoms with Crippen molar-refractivity contribution >= 4 is 41.1 Å². The predicted octanol–water partition coefficient (Wildman–Crippen LogP) is 4.63. The summed E-state index contributed by atoms with van der Waals surface area (Å²) in [7, 11) is 0. The van der Waals surface area contributed by atoms with E-state index in [0.29, 0.717) is 13.2 Å². The number of hydrogen-bond acceptors (Lipinski definition) is 7. The summed E-state index contributed by atoms with van der Waals surface area (Å²) < 4.78 is 7.48. The smallest absolute Gasteiger partial charge is 0.234 e. The van der Waals surface area contributed by atoms with Gasteiger partial charge in [-0.25, -0.2) is 0 Å². The molecule has 1 aliphatic heterocycles. The van der Waals surface area contributed by atoms with E-state index < -0.39 is 0 Å². The van der Waals surface area contributed by atoms with E-state index in [-0.39, 0.29) is 11.7 Å². The molecule has 4 rings (SSSR count). The molecule has 0 atom stereocenters. The van der Waals surface area contributed by atoms with E-state index in [4.69, 9.17) is 4.74 Å². The predicted molar refractivity (Wildman–Crippen MR) is 135 cm³/mol. The van der Waals surface area contributed by atoms with Crippen LogP contribution in [0.4, 0.5) is 11.6 Å². The van der Waals surface area contributed by atoms with Gasteiger partial charge in [0.15, 0.2) is 5.16 Å². The fourth-order valence-corrected chi connectivity index (χ4v) is 5.34. The number of aryl methyl sites for hydroxylation is 2. The second-order valence-corrected chi connectivity index (χ2v) is 9.92. The average Bonchev–Trinajstić information content (AvgIpc) is 3.25. The van der Waals surface area contributed by atoms with E-state index in [0.717, 1.165) is 41.3 Å². The number of nitrogens with zero attached hydrogens (tertiary/aromatic N) is 4. The van der Waals surface area contributed by atoms with E-state index in [9.17, 15) is 4.79 Å². The molecule has 0 bridgehead atoms. The monoisotopic (exact) mass is 483 g/mol. The maximum atomic E-state index is 12.5. The molecule has 0 radical (unpaired) electrons. The number of anilines is 2. The molecule has 1 aromatic heterocycles. The van der Waals surface area contributed by atoms with Crippen LogP contribution in [0, 0.1) is 13.8 Å². The molecule has 0 saturated carbocycles. The van der Waals surface area contributed by atoms with Gasteiger partial charge < -0.3 is 15.0 Å². The van der Waals surface area contributed by atoms with Crippen molar-refractivity contribution in [2.45, 2.75) is 42.3 Å². The van der Waals surface area contributed by atoms with Gasteiger partial charge in [-0.2, -0.15) is 0 Å². The number of ether oxygens (including phenoxy) is 1. The molecule has 2 aromatic carbocycles. The Balaban J connectivity index is 1.32. The first kappa shape index (κ1) is 23.7. The molecule has 7 nitrogen and oxygen atoms in total. The number of rotatable bonds is 8. The van der Waals surface area contributed by atoms with E-state index >= 15 is 0 Å². The van der Waals surface area contributed by atoms with Gasteiger partial charge in [0, 0.05) is 35.1 Å². The summed E-state index contributed by atoms with van der Waals surface area (Å²) in [5, 5.41) is 12.4. The number of thioether (sulfide) groups is 1. The summed E-state index contributed by atoms with van der Waals surface area (Å²) in [6.07, 6.45) is 0. The van der Waals surface area contributed by atoms with Gasteiger partial charge in [-0.15, -0.1) is 10.2 Å². The quantitative estimate of drug-likeness (QED) is 0.468. The first-order valence-electron chi connectivity index (χ1n) is 11.1. The van der Waals surface area contributed by atoms with Crippen LogP contribution in [-0.2, 0) is 16.1 Å². The lowest BCUT2D eigenvalue weighted by atomic mass is 10.2. The first-order valence-corrected chi connectivity index (χ1v) is 12.9. The van der Waals surface area contributed by atoms with Crippen LogP contribution in [0.1, 0.15) is 18.1 Å². The normalized spacial score (nSPS) is 13.8. The molecule has 1 N–H and O–H groups in total. The lowest BCUT2D eigenvalue weighted by Gasteiger charge is -2.27. The highest BCUT2D eigenvalue weighted by Gasteiger charge is 2.20. The number of carbonyl (C=O) groups is 1. The Bertz CT molecular complexity index is 1090. The molecule has 3 aromatic rings. The van der Waals surface area contributed by atoms with Gasteiger partial charge in [0.2, 0.25) is 11.9 Å². The summed E-state index contributed by atoms with van der Waals surface area (Å²) in [6.45, 7) is 10.1. The van der Waals surface area contributed by atoms with E-state index in [1.54, 1.807) is 11.8 Å². The molecule has 1 aliphatic rings. The maximum Gasteiger partial charge on any atom is 0.234 e. The van der Waals surface area contributed by atoms with Gasteiger partial charge in [-0.05, 0) is 62.2 Å². The average molecular weight is 484 g/mol. The summed E-state index contributed by atoms with van der Waals surface area (Å²) in [5.41, 5.74) is 3.30. The molecule has 1 fully saturated rings. The lowest BCUT2D eigenvalue weighted by Crippen LogP contribution is -2.38. The largest absolute Gasteiger partial charge is 0.378 e. The summed E-state index contributed by atoms with van der Waals surface area (Å²) >= 11 is 3.14. The fourth-order valence-electron chi connectivity index (χ4n) is 3.54. The topological polar surface area (TPSA) is 72.3 Å². The van der Waals surface area contributed by atoms with Gasteiger partial charge in [-0.1, -0.05) is 35.7 Å². The Kier molecular flexibility index (Phi) is 7.95. The number of aromatic nitrogens is 3. The van der Waals surface area contributed by atoms with Crippen LogP contribution < -0.4 is 10.2 Å². The molecule has 0 spiro atoms. The third-order valence-corrected chi connectivity index (χ3v) is 7.48. The van der Waals surface area contributed by atoms with Crippen molar-refractivity contribution < 1.29 is 9.53 Å². The Morgan fingerprint density at radius 2 is 1.85 bits per heavy atom. The van der Waals surface area contributed by atoms with Crippen LogP contribution >= 0.6 is 23.5 Å². The maximum absolute atomic E-state index is 12.5. The van der Waals surface area contributed by atoms with Crippen molar-refractivity contribution in [3.05, 3.63) is 53.6 Å². The Morgan fingerprint density at radius 3 is 2.58 bits per heavy atom. The van der Waals surface area contributed by atoms with E-state index in [1.807, 2.05) is 24.3 Å². The zero-order chi connectivity index (χ0) is 23.2. The van der Waals surface area contributed by atoms with Crippen LogP contribution in [0.2, 0.25) is 0 Å². The Morgan fingerprint density at radius 1 is 1.09 bits per heavy atom. The van der Waals surface area contributed by atoms with Gasteiger partial charge in [-0.3, -0.25) is 9.36 Å². The number of benzene rings is 2. The van der Waals surface area contributed by atoms with Crippen LogP contribution in [0.5, 0.6) is 0 Å². The molecule has 0 aliphatic carbocycles. The molecule has 9 heteroatoms. The van der Waals surface area contributed by atoms with Crippen molar-refractivity contribution in [2.24, 2.45) is 0 Å². The van der Waals surface area contributed by atoms with Crippen molar-refractivity contribution in [3.63, 3.8) is 0 Å². The first-order chi connectivity index (χ1) is 16.0. The highest BCUT2D eigenvalue weighted by atomic mass is 32.2. The van der Waals surface area contributed by atoms with Crippen molar-refractivity contribution in [1.82, 2.24) is 14.8 Å². The highest BCUT2D eigenvalue weighted by molar-refractivity contribution is 7.99. The lowest BCUT2D eigenvalue weighted by molar-refractivity contribution is -0.113. The number of hydrogen-bond donors (Lipinski definition) is 1. The Hall–Kier alpha value is -2.49. The van der Waals surface area contributed by atoms with Crippen LogP contribution in [0.25, 0.3) is 0 Å². The molecular formula is C24H29N5O2S2. The number of amides is 1. The number of nitrogens with one attached hydrogen (secondary N) is 1. The third-order valence-electron chi connectivity index (χ3n) is 5.35. The van der Waals surface area contributed by atoms with Gasteiger partial charge in [0.25, 0.3) is 0 Å². The van der Waals surface area contributed by atoms with Crippen LogP contribution in [0.15, 0.2) is 57.4 Å². The summed E-state index contributed by atoms with van der Waals surface area (Å²) in [5.74, 6) is 1.06. The molecule has 1 saturated heterocycles. The molecule has 1 amide bonds. The van der Waals surface area contributed by atoms with E-state index in [1.165, 1.54) is 27.8 Å². The van der Waals surface area contributed by atoms with Gasteiger partial charge >= 0.3 is 0 Å². The molecule has 174 valence electrons. The second-order valence-electron chi connectivity index (χ2n) is 7.86. The summed E-state index contributed by atoms with van der Waals surface area (Å²) in [4.78, 5) is 17.1. The SMILES string of the molecule is CCn1c(SCC(=O)Nc2ccc(Sc3cc(C)ccc3C)cc2)nnc1N1CCOCC1. The van der Waals surface area contributed by atoms with Crippen molar-refractivity contribution in [3.8, 4) is 0 Å². The van der Waals surface area contributed by atoms with Crippen LogP contribution in [0.3, 0.4) is 0 Å². The molecular weight excluding hydrogens is 454 g/mol. The van der Waals surface area contributed by atoms with Gasteiger partial charge in [0.05, 0.1) is 19.0 Å². The minimum Gasteiger partial charge on any atom is -0.378 e. The standard InChI is InChI=1S/C24H29N5O2S2/c1-4-29-23(28-11-13-31-14-12-28)26-27-24(29)32-16-22(30)25-19-7-9-20(10-8-19)33-21-15-17(2)5-6-18(21)3/h5-10,15H,4,11-14,16H2,1-3H3,(H,25,30). The minimum atomic E-state index is -0.0616. The summed E-state index contributed by atoms with van der Waals surface area (Å²) in [6, 6.07) is 14.4. The second kappa shape index (κ2) is 11.1. The highest BCUT2D eigenvalue weighted by Crippen LogP contribution is 2.31. The number of morpholine rings is 1. The van der Waals surface area contributed by atoms with Gasteiger partial charge in [0.1, 0.15) is 0 Å².